The Morgan fingerprint density at radius 1 is 1.35 bits per heavy atom. The van der Waals surface area contributed by atoms with E-state index in [1.807, 2.05) is 30.3 Å². The minimum absolute atomic E-state index is 0.102. The van der Waals surface area contributed by atoms with Gasteiger partial charge >= 0.3 is 5.97 Å². The van der Waals surface area contributed by atoms with Gasteiger partial charge in [0.2, 0.25) is 5.78 Å². The first-order valence-electron chi connectivity index (χ1n) is 5.77. The molecule has 0 aliphatic heterocycles. The Morgan fingerprint density at radius 3 is 2.55 bits per heavy atom. The van der Waals surface area contributed by atoms with Gasteiger partial charge in [0.15, 0.2) is 6.61 Å². The summed E-state index contributed by atoms with van der Waals surface area (Å²) in [6.07, 6.45) is 0. The first kappa shape index (κ1) is 15.8. The second-order valence-corrected chi connectivity index (χ2v) is 4.90. The minimum Gasteiger partial charge on any atom is -0.457 e. The molecule has 1 rings (SSSR count). The quantitative estimate of drug-likeness (QED) is 0.370. The van der Waals surface area contributed by atoms with Crippen molar-refractivity contribution < 1.29 is 14.3 Å². The van der Waals surface area contributed by atoms with E-state index in [2.05, 4.69) is 0 Å². The molecular weight excluding hydrogens is 276 g/mol. The van der Waals surface area contributed by atoms with Crippen molar-refractivity contribution >= 4 is 23.5 Å². The first-order chi connectivity index (χ1) is 9.54. The lowest BCUT2D eigenvalue weighted by atomic mass is 10.1. The number of hydrogen-bond acceptors (Lipinski definition) is 6. The third-order valence-electron chi connectivity index (χ3n) is 2.25. The number of ketones is 1. The molecule has 0 bridgehead atoms. The molecule has 0 aliphatic rings. The van der Waals surface area contributed by atoms with E-state index < -0.39 is 18.4 Å². The van der Waals surface area contributed by atoms with Gasteiger partial charge in [-0.3, -0.25) is 9.59 Å². The Hall–Kier alpha value is -2.26. The number of carbonyl (C=O) groups is 2. The molecule has 1 aromatic carbocycles. The Bertz CT molecular complexity index is 558. The molecule has 0 heterocycles. The van der Waals surface area contributed by atoms with E-state index in [-0.39, 0.29) is 17.0 Å². The van der Waals surface area contributed by atoms with Crippen LogP contribution in [-0.2, 0) is 14.3 Å². The highest BCUT2D eigenvalue weighted by molar-refractivity contribution is 8.00. The van der Waals surface area contributed by atoms with Crippen LogP contribution >= 0.6 is 11.8 Å². The zero-order valence-corrected chi connectivity index (χ0v) is 11.8. The standard InChI is InChI=1S/C14H14N2O3S/c1-10(16)12(7-15)13(17)8-19-14(18)9-20-11-5-3-2-4-6-11/h2-6H,8-9,16H2,1H3/b12-10+. The summed E-state index contributed by atoms with van der Waals surface area (Å²) in [7, 11) is 0. The summed E-state index contributed by atoms with van der Waals surface area (Å²) in [5, 5.41) is 8.73. The highest BCUT2D eigenvalue weighted by atomic mass is 32.2. The van der Waals surface area contributed by atoms with Crippen molar-refractivity contribution in [3.63, 3.8) is 0 Å². The van der Waals surface area contributed by atoms with Crippen molar-refractivity contribution in [3.8, 4) is 6.07 Å². The Morgan fingerprint density at radius 2 is 2.00 bits per heavy atom. The summed E-state index contributed by atoms with van der Waals surface area (Å²) in [6, 6.07) is 11.0. The predicted octanol–water partition coefficient (Wildman–Crippen LogP) is 1.65. The molecule has 0 aliphatic carbocycles. The number of nitriles is 1. The molecule has 0 unspecified atom stereocenters. The maximum Gasteiger partial charge on any atom is 0.316 e. The first-order valence-corrected chi connectivity index (χ1v) is 6.76. The van der Waals surface area contributed by atoms with Gasteiger partial charge in [-0.15, -0.1) is 11.8 Å². The van der Waals surface area contributed by atoms with E-state index in [1.165, 1.54) is 18.7 Å². The normalized spacial score (nSPS) is 11.2. The average Bonchev–Trinajstić information content (AvgIpc) is 2.44. The number of benzene rings is 1. The van der Waals surface area contributed by atoms with Crippen LogP contribution in [0.4, 0.5) is 0 Å². The van der Waals surface area contributed by atoms with E-state index in [4.69, 9.17) is 15.7 Å². The molecule has 0 spiro atoms. The van der Waals surface area contributed by atoms with Crippen LogP contribution in [0.25, 0.3) is 0 Å². The molecule has 0 saturated carbocycles. The van der Waals surface area contributed by atoms with Gasteiger partial charge < -0.3 is 10.5 Å². The zero-order chi connectivity index (χ0) is 15.0. The number of thioether (sulfide) groups is 1. The number of hydrogen-bond donors (Lipinski definition) is 1. The van der Waals surface area contributed by atoms with E-state index in [0.717, 1.165) is 4.90 Å². The topological polar surface area (TPSA) is 93.2 Å². The monoisotopic (exact) mass is 290 g/mol. The van der Waals surface area contributed by atoms with Crippen molar-refractivity contribution in [1.29, 1.82) is 5.26 Å². The summed E-state index contributed by atoms with van der Waals surface area (Å²) < 4.78 is 4.81. The number of esters is 1. The van der Waals surface area contributed by atoms with E-state index >= 15 is 0 Å². The van der Waals surface area contributed by atoms with Gasteiger partial charge in [0.25, 0.3) is 0 Å². The lowest BCUT2D eigenvalue weighted by Gasteiger charge is -2.04. The second kappa shape index (κ2) is 8.02. The molecule has 1 aromatic rings. The summed E-state index contributed by atoms with van der Waals surface area (Å²) in [5.41, 5.74) is 5.33. The van der Waals surface area contributed by atoms with E-state index in [0.29, 0.717) is 0 Å². The highest BCUT2D eigenvalue weighted by Gasteiger charge is 2.14. The number of Topliss-reactive ketones (excluding diaryl/α,β-unsaturated/α-hetero) is 1. The van der Waals surface area contributed by atoms with Crippen molar-refractivity contribution in [3.05, 3.63) is 41.6 Å². The Kier molecular flexibility index (Phi) is 6.33. The van der Waals surface area contributed by atoms with Crippen LogP contribution < -0.4 is 5.73 Å². The maximum atomic E-state index is 11.6. The van der Waals surface area contributed by atoms with Crippen LogP contribution in [0.2, 0.25) is 0 Å². The molecule has 5 nitrogen and oxygen atoms in total. The van der Waals surface area contributed by atoms with Crippen LogP contribution in [0, 0.1) is 11.3 Å². The van der Waals surface area contributed by atoms with E-state index in [1.54, 1.807) is 6.07 Å². The third kappa shape index (κ3) is 5.16. The molecule has 0 saturated heterocycles. The number of ether oxygens (including phenoxy) is 1. The van der Waals surface area contributed by atoms with Crippen LogP contribution in [0.5, 0.6) is 0 Å². The number of nitrogens with zero attached hydrogens (tertiary/aromatic N) is 1. The maximum absolute atomic E-state index is 11.6. The fraction of sp³-hybridized carbons (Fsp3) is 0.214. The lowest BCUT2D eigenvalue weighted by Crippen LogP contribution is -2.18. The zero-order valence-electron chi connectivity index (χ0n) is 11.0. The minimum atomic E-state index is -0.592. The third-order valence-corrected chi connectivity index (χ3v) is 3.23. The molecule has 20 heavy (non-hydrogen) atoms. The molecule has 0 amide bonds. The number of allylic oxidation sites excluding steroid dienone is 1. The molecule has 0 atom stereocenters. The van der Waals surface area contributed by atoms with Crippen molar-refractivity contribution in [2.24, 2.45) is 5.73 Å². The molecule has 0 fully saturated rings. The van der Waals surface area contributed by atoms with Gasteiger partial charge in [-0.25, -0.2) is 0 Å². The lowest BCUT2D eigenvalue weighted by molar-refractivity contribution is -0.144. The van der Waals surface area contributed by atoms with Gasteiger partial charge in [-0.1, -0.05) is 18.2 Å². The second-order valence-electron chi connectivity index (χ2n) is 3.86. The van der Waals surface area contributed by atoms with Crippen LogP contribution in [-0.4, -0.2) is 24.1 Å². The number of carbonyl (C=O) groups excluding carboxylic acids is 2. The predicted molar refractivity (Wildman–Crippen MR) is 75.6 cm³/mol. The van der Waals surface area contributed by atoms with Crippen molar-refractivity contribution in [1.82, 2.24) is 0 Å². The summed E-state index contributed by atoms with van der Waals surface area (Å²) in [4.78, 5) is 24.0. The Balaban J connectivity index is 2.39. The van der Waals surface area contributed by atoms with Gasteiger partial charge in [0, 0.05) is 10.6 Å². The van der Waals surface area contributed by atoms with Gasteiger partial charge in [-0.2, -0.15) is 5.26 Å². The molecule has 0 aromatic heterocycles. The smallest absolute Gasteiger partial charge is 0.316 e. The number of nitrogens with two attached hydrogens (primary N) is 1. The van der Waals surface area contributed by atoms with Gasteiger partial charge in [-0.05, 0) is 19.1 Å². The summed E-state index contributed by atoms with van der Waals surface area (Å²) in [6.45, 7) is 0.981. The average molecular weight is 290 g/mol. The number of rotatable bonds is 6. The van der Waals surface area contributed by atoms with Crippen LogP contribution in [0.3, 0.4) is 0 Å². The molecule has 104 valence electrons. The largest absolute Gasteiger partial charge is 0.457 e. The van der Waals surface area contributed by atoms with Crippen molar-refractivity contribution in [2.45, 2.75) is 11.8 Å². The van der Waals surface area contributed by atoms with Crippen molar-refractivity contribution in [2.75, 3.05) is 12.4 Å². The van der Waals surface area contributed by atoms with Gasteiger partial charge in [0.1, 0.15) is 11.6 Å². The fourth-order valence-corrected chi connectivity index (χ4v) is 2.01. The van der Waals surface area contributed by atoms with E-state index in [9.17, 15) is 9.59 Å². The fourth-order valence-electron chi connectivity index (χ4n) is 1.29. The van der Waals surface area contributed by atoms with Crippen LogP contribution in [0.1, 0.15) is 6.92 Å². The summed E-state index contributed by atoms with van der Waals surface area (Å²) >= 11 is 1.31. The van der Waals surface area contributed by atoms with Crippen LogP contribution in [0.15, 0.2) is 46.5 Å². The Labute approximate surface area is 121 Å². The molecule has 6 heteroatoms. The van der Waals surface area contributed by atoms with Gasteiger partial charge in [0.05, 0.1) is 5.75 Å². The summed E-state index contributed by atoms with van der Waals surface area (Å²) in [5.74, 6) is -1.01. The molecular formula is C14H14N2O3S. The molecule has 0 radical (unpaired) electrons. The SMILES string of the molecule is C/C(N)=C(/C#N)C(=O)COC(=O)CSc1ccccc1. The molecule has 2 N–H and O–H groups in total. The highest BCUT2D eigenvalue weighted by Crippen LogP contribution is 2.16.